The van der Waals surface area contributed by atoms with Gasteiger partial charge in [0.05, 0.1) is 4.92 Å². The van der Waals surface area contributed by atoms with Gasteiger partial charge in [-0.05, 0) is 34.8 Å². The average molecular weight is 354 g/mol. The summed E-state index contributed by atoms with van der Waals surface area (Å²) >= 11 is 3.27. The molecule has 3 rings (SSSR count). The van der Waals surface area contributed by atoms with Gasteiger partial charge in [0.2, 0.25) is 11.7 Å². The zero-order chi connectivity index (χ0) is 15.0. The first-order chi connectivity index (χ1) is 10.0. The van der Waals surface area contributed by atoms with Gasteiger partial charge in [-0.1, -0.05) is 0 Å². The molecule has 108 valence electrons. The van der Waals surface area contributed by atoms with Crippen LogP contribution in [0.2, 0.25) is 0 Å². The first-order valence-corrected chi connectivity index (χ1v) is 6.98. The van der Waals surface area contributed by atoms with Crippen LogP contribution in [0.25, 0.3) is 0 Å². The SMILES string of the molecule is O=[N+]([O-])c1ccc(Oc2cc(Br)nc(C3CC3)n2)cc1F. The van der Waals surface area contributed by atoms with Gasteiger partial charge in [0.15, 0.2) is 0 Å². The highest BCUT2D eigenvalue weighted by Crippen LogP contribution is 2.39. The van der Waals surface area contributed by atoms with E-state index in [-0.39, 0.29) is 11.6 Å². The van der Waals surface area contributed by atoms with Crippen LogP contribution in [0.3, 0.4) is 0 Å². The quantitative estimate of drug-likeness (QED) is 0.472. The van der Waals surface area contributed by atoms with Crippen LogP contribution in [-0.4, -0.2) is 14.9 Å². The van der Waals surface area contributed by atoms with Gasteiger partial charge in [0, 0.05) is 24.1 Å². The third-order valence-electron chi connectivity index (χ3n) is 2.97. The van der Waals surface area contributed by atoms with Crippen molar-refractivity contribution in [3.05, 3.63) is 50.6 Å². The second-order valence-corrected chi connectivity index (χ2v) is 5.45. The molecule has 0 bridgehead atoms. The summed E-state index contributed by atoms with van der Waals surface area (Å²) in [6, 6.07) is 4.91. The van der Waals surface area contributed by atoms with E-state index in [1.54, 1.807) is 6.07 Å². The van der Waals surface area contributed by atoms with Gasteiger partial charge in [0.25, 0.3) is 0 Å². The van der Waals surface area contributed by atoms with Crippen LogP contribution in [0.15, 0.2) is 28.9 Å². The summed E-state index contributed by atoms with van der Waals surface area (Å²) in [5.74, 6) is 0.491. The zero-order valence-electron chi connectivity index (χ0n) is 10.6. The van der Waals surface area contributed by atoms with Crippen molar-refractivity contribution in [1.29, 1.82) is 0 Å². The normalized spacial score (nSPS) is 14.0. The molecule has 1 aliphatic carbocycles. The van der Waals surface area contributed by atoms with E-state index in [9.17, 15) is 14.5 Å². The number of hydrogen-bond donors (Lipinski definition) is 0. The summed E-state index contributed by atoms with van der Waals surface area (Å²) < 4.78 is 19.6. The van der Waals surface area contributed by atoms with Gasteiger partial charge in [0.1, 0.15) is 16.2 Å². The minimum atomic E-state index is -0.951. The molecule has 0 N–H and O–H groups in total. The zero-order valence-corrected chi connectivity index (χ0v) is 12.2. The Balaban J connectivity index is 1.86. The van der Waals surface area contributed by atoms with Crippen molar-refractivity contribution in [3.63, 3.8) is 0 Å². The summed E-state index contributed by atoms with van der Waals surface area (Å²) in [5, 5.41) is 10.6. The first kappa shape index (κ1) is 13.9. The smallest absolute Gasteiger partial charge is 0.305 e. The highest BCUT2D eigenvalue weighted by molar-refractivity contribution is 9.10. The van der Waals surface area contributed by atoms with E-state index < -0.39 is 16.4 Å². The Kier molecular flexibility index (Phi) is 3.54. The van der Waals surface area contributed by atoms with Crippen LogP contribution >= 0.6 is 15.9 Å². The molecular weight excluding hydrogens is 345 g/mol. The molecule has 0 aliphatic heterocycles. The van der Waals surface area contributed by atoms with Gasteiger partial charge >= 0.3 is 5.69 Å². The summed E-state index contributed by atoms with van der Waals surface area (Å²) in [5.41, 5.74) is -0.593. The highest BCUT2D eigenvalue weighted by atomic mass is 79.9. The van der Waals surface area contributed by atoms with E-state index in [1.807, 2.05) is 0 Å². The fourth-order valence-corrected chi connectivity index (χ4v) is 2.19. The maximum absolute atomic E-state index is 13.5. The standard InChI is InChI=1S/C13H9BrFN3O3/c14-11-6-12(17-13(16-11)7-1-2-7)21-8-3-4-10(18(19)20)9(15)5-8/h3-7H,1-2H2. The average Bonchev–Trinajstić information content (AvgIpc) is 3.21. The highest BCUT2D eigenvalue weighted by Gasteiger charge is 2.27. The molecule has 1 aromatic carbocycles. The van der Waals surface area contributed by atoms with E-state index in [1.165, 1.54) is 6.07 Å². The number of nitro groups is 1. The Morgan fingerprint density at radius 3 is 2.71 bits per heavy atom. The molecule has 0 spiro atoms. The fraction of sp³-hybridized carbons (Fsp3) is 0.231. The van der Waals surface area contributed by atoms with Gasteiger partial charge in [-0.25, -0.2) is 4.98 Å². The molecule has 1 fully saturated rings. The van der Waals surface area contributed by atoms with E-state index in [0.29, 0.717) is 16.3 Å². The minimum Gasteiger partial charge on any atom is -0.439 e. The number of hydrogen-bond acceptors (Lipinski definition) is 5. The number of halogens is 2. The summed E-state index contributed by atoms with van der Waals surface area (Å²) in [7, 11) is 0. The summed E-state index contributed by atoms with van der Waals surface area (Å²) in [6.07, 6.45) is 2.09. The van der Waals surface area contributed by atoms with Crippen molar-refractivity contribution in [1.82, 2.24) is 9.97 Å². The van der Waals surface area contributed by atoms with Crippen LogP contribution in [0.5, 0.6) is 11.6 Å². The second-order valence-electron chi connectivity index (χ2n) is 4.63. The Hall–Kier alpha value is -2.09. The lowest BCUT2D eigenvalue weighted by molar-refractivity contribution is -0.387. The van der Waals surface area contributed by atoms with Crippen molar-refractivity contribution in [2.45, 2.75) is 18.8 Å². The third-order valence-corrected chi connectivity index (χ3v) is 3.38. The third kappa shape index (κ3) is 3.15. The lowest BCUT2D eigenvalue weighted by atomic mass is 10.3. The van der Waals surface area contributed by atoms with E-state index in [0.717, 1.165) is 25.0 Å². The van der Waals surface area contributed by atoms with Crippen LogP contribution in [-0.2, 0) is 0 Å². The molecule has 1 aromatic heterocycles. The molecule has 1 saturated carbocycles. The molecule has 0 saturated heterocycles. The van der Waals surface area contributed by atoms with Crippen molar-refractivity contribution in [3.8, 4) is 11.6 Å². The van der Waals surface area contributed by atoms with Crippen LogP contribution in [0, 0.1) is 15.9 Å². The van der Waals surface area contributed by atoms with E-state index >= 15 is 0 Å². The number of nitrogens with zero attached hydrogens (tertiary/aromatic N) is 3. The Morgan fingerprint density at radius 1 is 1.33 bits per heavy atom. The predicted octanol–water partition coefficient (Wildman–Crippen LogP) is 3.96. The molecule has 6 nitrogen and oxygen atoms in total. The largest absolute Gasteiger partial charge is 0.439 e. The molecule has 2 aromatic rings. The summed E-state index contributed by atoms with van der Waals surface area (Å²) in [4.78, 5) is 18.3. The minimum absolute atomic E-state index is 0.144. The van der Waals surface area contributed by atoms with Crippen molar-refractivity contribution >= 4 is 21.6 Å². The molecule has 8 heteroatoms. The first-order valence-electron chi connectivity index (χ1n) is 6.19. The van der Waals surface area contributed by atoms with Gasteiger partial charge in [-0.3, -0.25) is 10.1 Å². The molecule has 0 amide bonds. The maximum Gasteiger partial charge on any atom is 0.305 e. The van der Waals surface area contributed by atoms with Crippen molar-refractivity contribution < 1.29 is 14.1 Å². The Bertz CT molecular complexity index is 722. The number of nitro benzene ring substituents is 1. The molecular formula is C13H9BrFN3O3. The van der Waals surface area contributed by atoms with Crippen molar-refractivity contribution in [2.24, 2.45) is 0 Å². The Morgan fingerprint density at radius 2 is 2.10 bits per heavy atom. The number of aromatic nitrogens is 2. The van der Waals surface area contributed by atoms with Gasteiger partial charge in [-0.2, -0.15) is 9.37 Å². The number of rotatable bonds is 4. The lowest BCUT2D eigenvalue weighted by Crippen LogP contribution is -1.97. The van der Waals surface area contributed by atoms with Crippen LogP contribution in [0.4, 0.5) is 10.1 Å². The van der Waals surface area contributed by atoms with Crippen molar-refractivity contribution in [2.75, 3.05) is 0 Å². The molecule has 1 aliphatic rings. The van der Waals surface area contributed by atoms with E-state index in [4.69, 9.17) is 4.74 Å². The molecule has 0 atom stereocenters. The van der Waals surface area contributed by atoms with E-state index in [2.05, 4.69) is 25.9 Å². The molecule has 0 unspecified atom stereocenters. The van der Waals surface area contributed by atoms with Crippen LogP contribution < -0.4 is 4.74 Å². The monoisotopic (exact) mass is 353 g/mol. The van der Waals surface area contributed by atoms with Gasteiger partial charge in [-0.15, -0.1) is 0 Å². The number of benzene rings is 1. The maximum atomic E-state index is 13.5. The van der Waals surface area contributed by atoms with Crippen LogP contribution in [0.1, 0.15) is 24.6 Å². The second kappa shape index (κ2) is 5.36. The molecule has 1 heterocycles. The number of ether oxygens (including phenoxy) is 1. The van der Waals surface area contributed by atoms with Gasteiger partial charge < -0.3 is 4.74 Å². The lowest BCUT2D eigenvalue weighted by Gasteiger charge is -2.07. The summed E-state index contributed by atoms with van der Waals surface area (Å²) in [6.45, 7) is 0. The molecule has 0 radical (unpaired) electrons. The fourth-order valence-electron chi connectivity index (χ4n) is 1.81. The topological polar surface area (TPSA) is 78.2 Å². The predicted molar refractivity (Wildman–Crippen MR) is 74.8 cm³/mol. The Labute approximate surface area is 127 Å². The molecule has 21 heavy (non-hydrogen) atoms.